The summed E-state index contributed by atoms with van der Waals surface area (Å²) in [5, 5.41) is 2.96. The van der Waals surface area contributed by atoms with Crippen molar-refractivity contribution in [1.29, 1.82) is 0 Å². The van der Waals surface area contributed by atoms with Crippen LogP contribution in [-0.4, -0.2) is 7.05 Å². The van der Waals surface area contributed by atoms with Gasteiger partial charge in [-0.3, -0.25) is 0 Å². The fourth-order valence-corrected chi connectivity index (χ4v) is 2.22. The molecule has 0 aliphatic carbocycles. The minimum Gasteiger partial charge on any atom is -0.394 e. The first kappa shape index (κ1) is 16.3. The highest BCUT2D eigenvalue weighted by molar-refractivity contribution is 5.74. The summed E-state index contributed by atoms with van der Waals surface area (Å²) in [7, 11) is 1.89. The number of rotatable bonds is 5. The maximum absolute atomic E-state index is 4.15. The molecule has 0 atom stereocenters. The predicted molar refractivity (Wildman–Crippen MR) is 90.7 cm³/mol. The molecule has 0 fully saturated rings. The van der Waals surface area contributed by atoms with Crippen molar-refractivity contribution < 1.29 is 0 Å². The molecule has 0 saturated carbocycles. The van der Waals surface area contributed by atoms with E-state index in [-0.39, 0.29) is 0 Å². The summed E-state index contributed by atoms with van der Waals surface area (Å²) < 4.78 is 0. The molecule has 0 saturated heterocycles. The van der Waals surface area contributed by atoms with E-state index in [2.05, 4.69) is 57.8 Å². The summed E-state index contributed by atoms with van der Waals surface area (Å²) in [5.41, 5.74) is 5.27. The Labute approximate surface area is 124 Å². The maximum Gasteiger partial charge on any atom is 0.00277 e. The zero-order valence-corrected chi connectivity index (χ0v) is 13.5. The molecule has 0 heterocycles. The van der Waals surface area contributed by atoms with Gasteiger partial charge in [-0.05, 0) is 53.3 Å². The van der Waals surface area contributed by atoms with Gasteiger partial charge in [0.05, 0.1) is 0 Å². The van der Waals surface area contributed by atoms with E-state index in [9.17, 15) is 0 Å². The molecule has 1 nitrogen and oxygen atoms in total. The summed E-state index contributed by atoms with van der Waals surface area (Å²) >= 11 is 0. The monoisotopic (exact) mass is 269 g/mol. The first-order valence-corrected chi connectivity index (χ1v) is 7.13. The quantitative estimate of drug-likeness (QED) is 0.751. The molecule has 1 N–H and O–H groups in total. The maximum atomic E-state index is 4.15. The van der Waals surface area contributed by atoms with E-state index in [0.29, 0.717) is 5.41 Å². The summed E-state index contributed by atoms with van der Waals surface area (Å²) in [6.07, 6.45) is 9.00. The van der Waals surface area contributed by atoms with Crippen molar-refractivity contribution in [3.63, 3.8) is 0 Å². The second-order valence-electron chi connectivity index (χ2n) is 6.42. The van der Waals surface area contributed by atoms with Crippen molar-refractivity contribution in [2.75, 3.05) is 7.05 Å². The van der Waals surface area contributed by atoms with Gasteiger partial charge in [0, 0.05) is 7.05 Å². The van der Waals surface area contributed by atoms with Gasteiger partial charge in [-0.1, -0.05) is 57.7 Å². The predicted octanol–water partition coefficient (Wildman–Crippen LogP) is 4.89. The zero-order chi connectivity index (χ0) is 15.2. The molecular weight excluding hydrogens is 242 g/mol. The molecule has 1 rings (SSSR count). The van der Waals surface area contributed by atoms with Gasteiger partial charge in [0.1, 0.15) is 0 Å². The first-order chi connectivity index (χ1) is 9.33. The Hall–Kier alpha value is -1.76. The molecule has 0 aliphatic heterocycles. The second-order valence-corrected chi connectivity index (χ2v) is 6.42. The van der Waals surface area contributed by atoms with Crippen LogP contribution in [0, 0.1) is 12.3 Å². The van der Waals surface area contributed by atoms with Gasteiger partial charge >= 0.3 is 0 Å². The largest absolute Gasteiger partial charge is 0.394 e. The number of hydrogen-bond acceptors (Lipinski definition) is 1. The second kappa shape index (κ2) is 7.14. The number of nitrogens with one attached hydrogen (secondary N) is 1. The van der Waals surface area contributed by atoms with Crippen LogP contribution in [0.1, 0.15) is 37.5 Å². The average molecular weight is 269 g/mol. The highest BCUT2D eigenvalue weighted by Gasteiger charge is 2.12. The van der Waals surface area contributed by atoms with E-state index >= 15 is 0 Å². The first-order valence-electron chi connectivity index (χ1n) is 7.13. The molecule has 0 unspecified atom stereocenters. The number of benzene rings is 1. The van der Waals surface area contributed by atoms with E-state index in [4.69, 9.17) is 0 Å². The van der Waals surface area contributed by atoms with E-state index in [0.717, 1.165) is 12.0 Å². The molecule has 0 radical (unpaired) electrons. The van der Waals surface area contributed by atoms with Crippen molar-refractivity contribution >= 4 is 5.57 Å². The third-order valence-electron chi connectivity index (χ3n) is 3.04. The van der Waals surface area contributed by atoms with Crippen molar-refractivity contribution in [1.82, 2.24) is 5.32 Å². The van der Waals surface area contributed by atoms with Crippen LogP contribution in [0.25, 0.3) is 5.57 Å². The molecule has 0 aliphatic rings. The van der Waals surface area contributed by atoms with Crippen LogP contribution in [0.3, 0.4) is 0 Å². The summed E-state index contributed by atoms with van der Waals surface area (Å²) in [6, 6.07) is 6.68. The van der Waals surface area contributed by atoms with Crippen molar-refractivity contribution in [3.05, 3.63) is 65.9 Å². The number of allylic oxidation sites excluding steroid dienone is 4. The van der Waals surface area contributed by atoms with E-state index in [1.54, 1.807) is 0 Å². The normalized spacial score (nSPS) is 12.2. The highest BCUT2D eigenvalue weighted by atomic mass is 14.8. The van der Waals surface area contributed by atoms with E-state index < -0.39 is 0 Å². The smallest absolute Gasteiger partial charge is 0.00277 e. The molecular formula is C19H27N. The topological polar surface area (TPSA) is 12.0 Å². The molecule has 1 heteroatoms. The third kappa shape index (κ3) is 5.48. The fraction of sp³-hybridized carbons (Fsp3) is 0.368. The van der Waals surface area contributed by atoms with Crippen molar-refractivity contribution in [2.24, 2.45) is 5.41 Å². The molecule has 0 aromatic heterocycles. The molecule has 1 aromatic rings. The molecule has 1 aromatic carbocycles. The minimum atomic E-state index is 0.322. The van der Waals surface area contributed by atoms with Gasteiger partial charge in [-0.25, -0.2) is 0 Å². The Kier molecular flexibility index (Phi) is 5.82. The summed E-state index contributed by atoms with van der Waals surface area (Å²) in [5.74, 6) is 0. The lowest BCUT2D eigenvalue weighted by Gasteiger charge is -2.19. The lowest BCUT2D eigenvalue weighted by Crippen LogP contribution is -2.09. The lowest BCUT2D eigenvalue weighted by atomic mass is 9.86. The lowest BCUT2D eigenvalue weighted by molar-refractivity contribution is 0.411. The van der Waals surface area contributed by atoms with Crippen LogP contribution in [-0.2, 0) is 6.42 Å². The third-order valence-corrected chi connectivity index (χ3v) is 3.04. The van der Waals surface area contributed by atoms with Crippen LogP contribution in [0.4, 0.5) is 0 Å². The van der Waals surface area contributed by atoms with Crippen LogP contribution >= 0.6 is 0 Å². The van der Waals surface area contributed by atoms with Crippen LogP contribution < -0.4 is 5.32 Å². The molecule has 0 bridgehead atoms. The van der Waals surface area contributed by atoms with Gasteiger partial charge < -0.3 is 5.32 Å². The zero-order valence-electron chi connectivity index (χ0n) is 13.5. The molecule has 108 valence electrons. The van der Waals surface area contributed by atoms with Crippen molar-refractivity contribution in [2.45, 2.75) is 34.1 Å². The van der Waals surface area contributed by atoms with Gasteiger partial charge in [0.25, 0.3) is 0 Å². The Morgan fingerprint density at radius 3 is 2.50 bits per heavy atom. The summed E-state index contributed by atoms with van der Waals surface area (Å²) in [4.78, 5) is 0. The average Bonchev–Trinajstić information content (AvgIpc) is 2.32. The molecule has 20 heavy (non-hydrogen) atoms. The molecule has 0 amide bonds. The summed E-state index contributed by atoms with van der Waals surface area (Å²) in [6.45, 7) is 13.1. The Bertz CT molecular complexity index is 513. The Balaban J connectivity index is 2.85. The number of aryl methyl sites for hydroxylation is 1. The van der Waals surface area contributed by atoms with E-state index in [1.807, 2.05) is 31.5 Å². The standard InChI is InChI=1S/C19H27N/c1-15(9-7-8-12-20-6)18-11-10-17(13-16(18)2)14-19(3,4)5/h7-13,20H,1,14H2,2-6H3/b9-7-,12-8-. The van der Waals surface area contributed by atoms with Crippen LogP contribution in [0.5, 0.6) is 0 Å². The van der Waals surface area contributed by atoms with E-state index in [1.165, 1.54) is 16.7 Å². The van der Waals surface area contributed by atoms with Gasteiger partial charge in [-0.15, -0.1) is 0 Å². The van der Waals surface area contributed by atoms with Crippen molar-refractivity contribution in [3.8, 4) is 0 Å². The molecule has 0 spiro atoms. The highest BCUT2D eigenvalue weighted by Crippen LogP contribution is 2.25. The fourth-order valence-electron chi connectivity index (χ4n) is 2.22. The van der Waals surface area contributed by atoms with Gasteiger partial charge in [0.2, 0.25) is 0 Å². The SMILES string of the molecule is C=C(/C=C\C=C/NC)c1ccc(CC(C)(C)C)cc1C. The van der Waals surface area contributed by atoms with Gasteiger partial charge in [0.15, 0.2) is 0 Å². The Morgan fingerprint density at radius 1 is 1.25 bits per heavy atom. The minimum absolute atomic E-state index is 0.322. The Morgan fingerprint density at radius 2 is 1.95 bits per heavy atom. The number of hydrogen-bond donors (Lipinski definition) is 1. The van der Waals surface area contributed by atoms with Crippen LogP contribution in [0.2, 0.25) is 0 Å². The van der Waals surface area contributed by atoms with Gasteiger partial charge in [-0.2, -0.15) is 0 Å². The van der Waals surface area contributed by atoms with Crippen LogP contribution in [0.15, 0.2) is 49.2 Å².